The van der Waals surface area contributed by atoms with Gasteiger partial charge in [0.25, 0.3) is 0 Å². The minimum absolute atomic E-state index is 0.0111. The number of ketones is 1. The third-order valence-electron chi connectivity index (χ3n) is 7.76. The van der Waals surface area contributed by atoms with Crippen molar-refractivity contribution < 1.29 is 24.5 Å². The summed E-state index contributed by atoms with van der Waals surface area (Å²) in [6.07, 6.45) is 2.42. The molecule has 208 valence electrons. The number of carboxylic acid groups (broad SMARTS) is 1. The van der Waals surface area contributed by atoms with Crippen molar-refractivity contribution >= 4 is 52.3 Å². The molecule has 0 bridgehead atoms. The van der Waals surface area contributed by atoms with Gasteiger partial charge in [-0.15, -0.1) is 0 Å². The predicted octanol–water partition coefficient (Wildman–Crippen LogP) is 7.15. The molecule has 4 N–H and O–H groups in total. The summed E-state index contributed by atoms with van der Waals surface area (Å²) in [5.41, 5.74) is 8.85. The molecule has 2 aliphatic carbocycles. The lowest BCUT2D eigenvalue weighted by molar-refractivity contribution is -0.116. The van der Waals surface area contributed by atoms with Crippen LogP contribution in [-0.2, 0) is 10.4 Å². The molecule has 0 heterocycles. The first kappa shape index (κ1) is 28.5. The highest BCUT2D eigenvalue weighted by atomic mass is 35.5. The third-order valence-corrected chi connectivity index (χ3v) is 8.70. The highest BCUT2D eigenvalue weighted by molar-refractivity contribution is 6.37. The Balaban J connectivity index is 1.33. The number of carboxylic acids is 1. The number of Topliss-reactive ketones (excluding diaryl/α,β-unsaturated/α-hetero) is 1. The second-order valence-corrected chi connectivity index (χ2v) is 11.8. The molecule has 2 saturated carbocycles. The molecule has 0 spiro atoms. The molecule has 0 radical (unpaired) electrons. The summed E-state index contributed by atoms with van der Waals surface area (Å²) < 4.78 is 5.96. The summed E-state index contributed by atoms with van der Waals surface area (Å²) in [4.78, 5) is 24.5. The summed E-state index contributed by atoms with van der Waals surface area (Å²) in [5, 5.41) is 21.7. The van der Waals surface area contributed by atoms with Gasteiger partial charge in [-0.2, -0.15) is 0 Å². The van der Waals surface area contributed by atoms with Crippen LogP contribution in [0.1, 0.15) is 64.2 Å². The molecule has 40 heavy (non-hydrogen) atoms. The lowest BCUT2D eigenvalue weighted by Gasteiger charge is -2.45. The number of carbonyl (C=O) groups is 2. The van der Waals surface area contributed by atoms with E-state index in [1.165, 1.54) is 0 Å². The van der Waals surface area contributed by atoms with Gasteiger partial charge in [0.05, 0.1) is 37.5 Å². The van der Waals surface area contributed by atoms with Gasteiger partial charge in [0.2, 0.25) is 0 Å². The summed E-state index contributed by atoms with van der Waals surface area (Å²) in [6, 6.07) is 15.1. The van der Waals surface area contributed by atoms with Crippen molar-refractivity contribution in [3.63, 3.8) is 0 Å². The van der Waals surface area contributed by atoms with E-state index >= 15 is 0 Å². The van der Waals surface area contributed by atoms with Gasteiger partial charge in [0.15, 0.2) is 5.78 Å². The van der Waals surface area contributed by atoms with E-state index < -0.39 is 11.6 Å². The van der Waals surface area contributed by atoms with Crippen molar-refractivity contribution in [1.82, 2.24) is 0 Å². The number of halogens is 3. The number of rotatable bonds is 9. The Hall–Kier alpha value is -3.03. The van der Waals surface area contributed by atoms with Crippen molar-refractivity contribution in [2.75, 3.05) is 6.61 Å². The molecule has 2 aliphatic rings. The largest absolute Gasteiger partial charge is 0.489 e. The van der Waals surface area contributed by atoms with Crippen LogP contribution < -0.4 is 10.5 Å². The van der Waals surface area contributed by atoms with Crippen LogP contribution in [0.3, 0.4) is 0 Å². The molecule has 0 amide bonds. The average molecular weight is 601 g/mol. The van der Waals surface area contributed by atoms with E-state index in [9.17, 15) is 19.8 Å². The number of aliphatic hydroxyl groups is 1. The number of carbonyl (C=O) groups excluding carboxylic acids is 1. The highest BCUT2D eigenvalue weighted by Gasteiger charge is 2.46. The van der Waals surface area contributed by atoms with E-state index in [1.54, 1.807) is 54.6 Å². The Labute approximate surface area is 247 Å². The molecule has 9 heteroatoms. The van der Waals surface area contributed by atoms with Crippen molar-refractivity contribution in [3.8, 4) is 5.75 Å². The summed E-state index contributed by atoms with van der Waals surface area (Å²) >= 11 is 19.3. The molecule has 5 rings (SSSR count). The van der Waals surface area contributed by atoms with E-state index in [1.807, 2.05) is 6.92 Å². The van der Waals surface area contributed by atoms with Gasteiger partial charge in [0, 0.05) is 17.0 Å². The molecule has 0 unspecified atom stereocenters. The molecule has 0 atom stereocenters. The van der Waals surface area contributed by atoms with Gasteiger partial charge in [-0.3, -0.25) is 4.79 Å². The second-order valence-electron chi connectivity index (χ2n) is 10.6. The zero-order valence-corrected chi connectivity index (χ0v) is 24.0. The lowest BCUT2D eigenvalue weighted by atomic mass is 9.64. The number of benzene rings is 3. The quantitative estimate of drug-likeness (QED) is 0.225. The average Bonchev–Trinajstić information content (AvgIpc) is 3.73. The first-order chi connectivity index (χ1) is 19.0. The number of aryl methyl sites for hydroxylation is 1. The van der Waals surface area contributed by atoms with Crippen molar-refractivity contribution in [2.45, 2.75) is 44.1 Å². The van der Waals surface area contributed by atoms with E-state index in [4.69, 9.17) is 45.3 Å². The maximum Gasteiger partial charge on any atom is 0.335 e. The molecular weight excluding hydrogens is 573 g/mol. The monoisotopic (exact) mass is 599 g/mol. The Morgan fingerprint density at radius 1 is 1.00 bits per heavy atom. The highest BCUT2D eigenvalue weighted by Crippen LogP contribution is 2.53. The molecule has 0 aromatic heterocycles. The van der Waals surface area contributed by atoms with Gasteiger partial charge < -0.3 is 20.7 Å². The van der Waals surface area contributed by atoms with Crippen LogP contribution in [0.5, 0.6) is 5.75 Å². The van der Waals surface area contributed by atoms with Crippen LogP contribution in [0.25, 0.3) is 5.70 Å². The van der Waals surface area contributed by atoms with Crippen LogP contribution in [0.2, 0.25) is 15.1 Å². The van der Waals surface area contributed by atoms with Crippen LogP contribution in [0.4, 0.5) is 0 Å². The Morgan fingerprint density at radius 2 is 1.68 bits per heavy atom. The van der Waals surface area contributed by atoms with Crippen LogP contribution in [0, 0.1) is 12.8 Å². The van der Waals surface area contributed by atoms with E-state index in [2.05, 4.69) is 0 Å². The first-order valence-electron chi connectivity index (χ1n) is 12.9. The lowest BCUT2D eigenvalue weighted by Crippen LogP contribution is -2.40. The minimum atomic E-state index is -1.15. The Morgan fingerprint density at radius 3 is 2.27 bits per heavy atom. The van der Waals surface area contributed by atoms with Gasteiger partial charge in [0.1, 0.15) is 12.4 Å². The van der Waals surface area contributed by atoms with Crippen LogP contribution >= 0.6 is 34.8 Å². The third kappa shape index (κ3) is 5.59. The SMILES string of the molecule is Cc1ccc(C(=O)O)cc1C1CC(O)(c2ccc(OCC(C(=O)C3CC3)=C(N)c3c(Cl)cccc3Cl)cc2Cl)C1. The van der Waals surface area contributed by atoms with Crippen molar-refractivity contribution in [3.05, 3.63) is 103 Å². The standard InChI is InChI=1S/C31H28Cl3NO5/c1-16-5-6-18(30(37)38)11-21(16)19-13-31(39,14-19)23-10-9-20(12-26(23)34)40-15-22(29(36)17-7-8-17)28(35)27-24(32)3-2-4-25(27)33/h2-6,9-12,17,19,39H,7-8,13-15,35H2,1H3,(H,37,38). The van der Waals surface area contributed by atoms with Gasteiger partial charge in [-0.25, -0.2) is 4.79 Å². The van der Waals surface area contributed by atoms with Gasteiger partial charge in [-0.05, 0) is 86.1 Å². The Kier molecular flexibility index (Phi) is 7.90. The van der Waals surface area contributed by atoms with Crippen molar-refractivity contribution in [1.29, 1.82) is 0 Å². The summed E-state index contributed by atoms with van der Waals surface area (Å²) in [6.45, 7) is 1.84. The smallest absolute Gasteiger partial charge is 0.335 e. The van der Waals surface area contributed by atoms with Crippen LogP contribution in [-0.4, -0.2) is 28.6 Å². The fourth-order valence-corrected chi connectivity index (χ4v) is 6.25. The molecule has 3 aromatic carbocycles. The fraction of sp³-hybridized carbons (Fsp3) is 0.290. The van der Waals surface area contributed by atoms with E-state index in [0.717, 1.165) is 24.0 Å². The zero-order valence-electron chi connectivity index (χ0n) is 21.7. The molecule has 6 nitrogen and oxygen atoms in total. The van der Waals surface area contributed by atoms with Gasteiger partial charge >= 0.3 is 5.97 Å². The number of hydrogen-bond donors (Lipinski definition) is 3. The fourth-order valence-electron chi connectivity index (χ4n) is 5.31. The zero-order chi connectivity index (χ0) is 28.8. The summed E-state index contributed by atoms with van der Waals surface area (Å²) in [7, 11) is 0. The van der Waals surface area contributed by atoms with E-state index in [0.29, 0.717) is 50.4 Å². The first-order valence-corrected chi connectivity index (χ1v) is 14.1. The van der Waals surface area contributed by atoms with E-state index in [-0.39, 0.29) is 35.5 Å². The number of ether oxygens (including phenoxy) is 1. The molecule has 0 saturated heterocycles. The predicted molar refractivity (Wildman–Crippen MR) is 156 cm³/mol. The van der Waals surface area contributed by atoms with Crippen molar-refractivity contribution in [2.24, 2.45) is 11.7 Å². The molecule has 0 aliphatic heterocycles. The number of nitrogens with two attached hydrogens (primary N) is 1. The van der Waals surface area contributed by atoms with Gasteiger partial charge in [-0.1, -0.05) is 53.0 Å². The second kappa shape index (κ2) is 11.1. The maximum atomic E-state index is 13.1. The van der Waals surface area contributed by atoms with Crippen LogP contribution in [0.15, 0.2) is 60.2 Å². The molecule has 3 aromatic rings. The molecular formula is C31H28Cl3NO5. The topological polar surface area (TPSA) is 110 Å². The number of hydrogen-bond acceptors (Lipinski definition) is 5. The minimum Gasteiger partial charge on any atom is -0.489 e. The Bertz CT molecular complexity index is 1520. The maximum absolute atomic E-state index is 13.1. The normalized spacial score (nSPS) is 20.9. The summed E-state index contributed by atoms with van der Waals surface area (Å²) in [5.74, 6) is -0.740. The number of aromatic carboxylic acids is 1. The molecule has 2 fully saturated rings.